The van der Waals surface area contributed by atoms with Crippen LogP contribution in [0, 0.1) is 16.0 Å². The number of amides is 2. The molecule has 0 bridgehead atoms. The van der Waals surface area contributed by atoms with Crippen LogP contribution in [0.4, 0.5) is 5.69 Å². The lowest BCUT2D eigenvalue weighted by Crippen LogP contribution is -2.34. The number of carbonyl (C=O) groups excluding carboxylic acids is 2. The third-order valence-corrected chi connectivity index (χ3v) is 4.27. The van der Waals surface area contributed by atoms with E-state index < -0.39 is 28.4 Å². The molecule has 9 nitrogen and oxygen atoms in total. The normalized spacial score (nSPS) is 19.0. The number of nitro groups is 1. The second kappa shape index (κ2) is 7.65. The molecule has 0 spiro atoms. The molecule has 0 aliphatic carbocycles. The molecule has 1 aliphatic rings. The van der Waals surface area contributed by atoms with Gasteiger partial charge in [0.2, 0.25) is 5.91 Å². The van der Waals surface area contributed by atoms with E-state index in [9.17, 15) is 24.8 Å². The highest BCUT2D eigenvalue weighted by atomic mass is 16.6. The summed E-state index contributed by atoms with van der Waals surface area (Å²) in [4.78, 5) is 34.8. The van der Waals surface area contributed by atoms with Crippen LogP contribution >= 0.6 is 0 Å². The second-order valence-electron chi connectivity index (χ2n) is 5.95. The number of carbonyl (C=O) groups is 2. The number of nitro benzene ring substituents is 1. The molecule has 1 aliphatic heterocycles. The van der Waals surface area contributed by atoms with Gasteiger partial charge in [0.1, 0.15) is 5.92 Å². The Morgan fingerprint density at radius 2 is 2.00 bits per heavy atom. The maximum atomic E-state index is 12.4. The van der Waals surface area contributed by atoms with Crippen molar-refractivity contribution in [3.05, 3.63) is 69.8 Å². The molecular formula is C18H15N4O5-. The molecule has 1 saturated heterocycles. The topological polar surface area (TPSA) is 137 Å². The van der Waals surface area contributed by atoms with Crippen LogP contribution in [0.3, 0.4) is 0 Å². The zero-order valence-corrected chi connectivity index (χ0v) is 14.0. The third kappa shape index (κ3) is 3.92. The van der Waals surface area contributed by atoms with E-state index in [1.165, 1.54) is 0 Å². The van der Waals surface area contributed by atoms with E-state index in [2.05, 4.69) is 15.8 Å². The van der Waals surface area contributed by atoms with Gasteiger partial charge >= 0.3 is 0 Å². The van der Waals surface area contributed by atoms with Crippen molar-refractivity contribution in [1.82, 2.24) is 10.7 Å². The van der Waals surface area contributed by atoms with Crippen molar-refractivity contribution < 1.29 is 19.6 Å². The van der Waals surface area contributed by atoms with Gasteiger partial charge in [0.05, 0.1) is 16.7 Å². The predicted molar refractivity (Wildman–Crippen MR) is 94.0 cm³/mol. The minimum absolute atomic E-state index is 0.0386. The van der Waals surface area contributed by atoms with Crippen molar-refractivity contribution in [1.29, 1.82) is 0 Å². The van der Waals surface area contributed by atoms with Gasteiger partial charge in [-0.3, -0.25) is 19.7 Å². The van der Waals surface area contributed by atoms with Crippen molar-refractivity contribution in [3.63, 3.8) is 0 Å². The molecule has 3 rings (SSSR count). The Morgan fingerprint density at radius 3 is 2.70 bits per heavy atom. The van der Waals surface area contributed by atoms with Crippen molar-refractivity contribution in [3.8, 4) is 5.75 Å². The van der Waals surface area contributed by atoms with Gasteiger partial charge in [-0.2, -0.15) is 5.10 Å². The molecule has 27 heavy (non-hydrogen) atoms. The van der Waals surface area contributed by atoms with E-state index in [0.717, 1.165) is 30.0 Å². The molecule has 0 saturated carbocycles. The summed E-state index contributed by atoms with van der Waals surface area (Å²) >= 11 is 0. The summed E-state index contributed by atoms with van der Waals surface area (Å²) in [5, 5.41) is 28.7. The van der Waals surface area contributed by atoms with E-state index in [1.54, 1.807) is 0 Å². The van der Waals surface area contributed by atoms with Crippen molar-refractivity contribution >= 4 is 23.7 Å². The predicted octanol–water partition coefficient (Wildman–Crippen LogP) is 0.648. The lowest BCUT2D eigenvalue weighted by molar-refractivity contribution is -0.385. The standard InChI is InChI=1S/C18H16N4O5/c23-13-6-7-15(22(26)27)12(8-13)9-20-21-18(25)16-14(10-19-17(16)24)11-4-2-1-3-5-11/h1-9,14,16,23H,10H2,(H,19,24)(H,21,25)/p-1/t14-,16-/m0/s1. The Hall–Kier alpha value is -3.75. The molecule has 2 aromatic carbocycles. The minimum atomic E-state index is -0.967. The summed E-state index contributed by atoms with van der Waals surface area (Å²) in [5.41, 5.74) is 2.73. The minimum Gasteiger partial charge on any atom is -0.872 e. The first-order valence-corrected chi connectivity index (χ1v) is 8.08. The van der Waals surface area contributed by atoms with Gasteiger partial charge in [-0.15, -0.1) is 5.75 Å². The zero-order chi connectivity index (χ0) is 19.4. The molecule has 1 fully saturated rings. The van der Waals surface area contributed by atoms with Crippen molar-refractivity contribution in [2.75, 3.05) is 6.54 Å². The maximum Gasteiger partial charge on any atom is 0.278 e. The molecule has 2 amide bonds. The first kappa shape index (κ1) is 18.1. The van der Waals surface area contributed by atoms with Crippen LogP contribution in [0.15, 0.2) is 53.6 Å². The Kier molecular flexibility index (Phi) is 5.11. The van der Waals surface area contributed by atoms with E-state index >= 15 is 0 Å². The second-order valence-corrected chi connectivity index (χ2v) is 5.95. The number of hydrogen-bond donors (Lipinski definition) is 2. The number of benzene rings is 2. The molecule has 0 unspecified atom stereocenters. The van der Waals surface area contributed by atoms with Crippen LogP contribution in [0.25, 0.3) is 0 Å². The van der Waals surface area contributed by atoms with Crippen LogP contribution in [-0.2, 0) is 9.59 Å². The number of nitrogens with one attached hydrogen (secondary N) is 2. The monoisotopic (exact) mass is 367 g/mol. The Labute approximate surface area is 153 Å². The average Bonchev–Trinajstić information content (AvgIpc) is 3.04. The van der Waals surface area contributed by atoms with Crippen LogP contribution in [-0.4, -0.2) is 29.5 Å². The van der Waals surface area contributed by atoms with Crippen LogP contribution in [0.1, 0.15) is 17.0 Å². The fraction of sp³-hybridized carbons (Fsp3) is 0.167. The molecular weight excluding hydrogens is 352 g/mol. The highest BCUT2D eigenvalue weighted by Gasteiger charge is 2.40. The number of rotatable bonds is 5. The van der Waals surface area contributed by atoms with Gasteiger partial charge in [0.15, 0.2) is 0 Å². The fourth-order valence-electron chi connectivity index (χ4n) is 2.97. The van der Waals surface area contributed by atoms with Crippen LogP contribution in [0.2, 0.25) is 0 Å². The molecule has 1 heterocycles. The Bertz CT molecular complexity index is 913. The fourth-order valence-corrected chi connectivity index (χ4v) is 2.97. The summed E-state index contributed by atoms with van der Waals surface area (Å²) in [6.07, 6.45) is 1.02. The van der Waals surface area contributed by atoms with Crippen LogP contribution in [0.5, 0.6) is 5.75 Å². The van der Waals surface area contributed by atoms with E-state index in [1.807, 2.05) is 30.3 Å². The first-order chi connectivity index (χ1) is 13.0. The van der Waals surface area contributed by atoms with Crippen molar-refractivity contribution in [2.24, 2.45) is 11.0 Å². The van der Waals surface area contributed by atoms with Gasteiger partial charge < -0.3 is 10.4 Å². The molecule has 0 radical (unpaired) electrons. The highest BCUT2D eigenvalue weighted by molar-refractivity contribution is 6.03. The maximum absolute atomic E-state index is 12.4. The van der Waals surface area contributed by atoms with Gasteiger partial charge in [-0.05, 0) is 5.56 Å². The van der Waals surface area contributed by atoms with Gasteiger partial charge in [-0.25, -0.2) is 5.43 Å². The highest BCUT2D eigenvalue weighted by Crippen LogP contribution is 2.29. The summed E-state index contributed by atoms with van der Waals surface area (Å²) in [7, 11) is 0. The van der Waals surface area contributed by atoms with E-state index in [-0.39, 0.29) is 17.2 Å². The lowest BCUT2D eigenvalue weighted by atomic mass is 9.88. The first-order valence-electron chi connectivity index (χ1n) is 8.08. The zero-order valence-electron chi connectivity index (χ0n) is 14.0. The molecule has 0 aromatic heterocycles. The lowest BCUT2D eigenvalue weighted by Gasteiger charge is -2.15. The summed E-state index contributed by atoms with van der Waals surface area (Å²) in [6.45, 7) is 0.328. The van der Waals surface area contributed by atoms with Crippen molar-refractivity contribution in [2.45, 2.75) is 5.92 Å². The number of nitrogens with zero attached hydrogens (tertiary/aromatic N) is 2. The number of hydrazone groups is 1. The summed E-state index contributed by atoms with van der Waals surface area (Å²) in [6, 6.07) is 12.3. The summed E-state index contributed by atoms with van der Waals surface area (Å²) in [5.74, 6) is -2.77. The summed E-state index contributed by atoms with van der Waals surface area (Å²) < 4.78 is 0. The third-order valence-electron chi connectivity index (χ3n) is 4.27. The Morgan fingerprint density at radius 1 is 1.26 bits per heavy atom. The Balaban J connectivity index is 1.75. The molecule has 9 heteroatoms. The van der Waals surface area contributed by atoms with E-state index in [4.69, 9.17) is 0 Å². The van der Waals surface area contributed by atoms with Gasteiger partial charge in [0.25, 0.3) is 11.6 Å². The van der Waals surface area contributed by atoms with Gasteiger partial charge in [-0.1, -0.05) is 42.5 Å². The van der Waals surface area contributed by atoms with Gasteiger partial charge in [0, 0.05) is 18.5 Å². The molecule has 2 aromatic rings. The quantitative estimate of drug-likeness (QED) is 0.346. The average molecular weight is 367 g/mol. The molecule has 2 N–H and O–H groups in total. The smallest absolute Gasteiger partial charge is 0.278 e. The number of hydrogen-bond acceptors (Lipinski definition) is 6. The largest absolute Gasteiger partial charge is 0.872 e. The van der Waals surface area contributed by atoms with E-state index in [0.29, 0.717) is 6.54 Å². The molecule has 138 valence electrons. The molecule has 2 atom stereocenters. The van der Waals surface area contributed by atoms with Crippen LogP contribution < -0.4 is 15.8 Å². The SMILES string of the molecule is O=C1NC[C@@H](c2ccccc2)[C@@H]1C(=O)NN=Cc1cc([O-])ccc1[N+](=O)[O-].